The van der Waals surface area contributed by atoms with Crippen LogP contribution in [0.3, 0.4) is 0 Å². The van der Waals surface area contributed by atoms with Gasteiger partial charge in [0.15, 0.2) is 0 Å². The van der Waals surface area contributed by atoms with E-state index in [0.29, 0.717) is 16.8 Å². The fourth-order valence-electron chi connectivity index (χ4n) is 3.58. The Hall–Kier alpha value is -3.12. The van der Waals surface area contributed by atoms with E-state index >= 15 is 0 Å². The molecular formula is C24H22BrN3O2. The summed E-state index contributed by atoms with van der Waals surface area (Å²) < 4.78 is 0.833. The molecule has 0 spiro atoms. The van der Waals surface area contributed by atoms with Gasteiger partial charge in [0.05, 0.1) is 11.4 Å². The minimum Gasteiger partial charge on any atom is -0.370 e. The van der Waals surface area contributed by atoms with Crippen molar-refractivity contribution in [1.29, 1.82) is 0 Å². The summed E-state index contributed by atoms with van der Waals surface area (Å²) >= 11 is 3.37. The van der Waals surface area contributed by atoms with Crippen molar-refractivity contribution in [2.24, 2.45) is 0 Å². The van der Waals surface area contributed by atoms with Gasteiger partial charge >= 0.3 is 0 Å². The van der Waals surface area contributed by atoms with E-state index in [2.05, 4.69) is 31.5 Å². The van der Waals surface area contributed by atoms with Gasteiger partial charge in [0.25, 0.3) is 11.8 Å². The second kappa shape index (κ2) is 9.13. The summed E-state index contributed by atoms with van der Waals surface area (Å²) in [5, 5.41) is 5.88. The van der Waals surface area contributed by atoms with Gasteiger partial charge in [-0.3, -0.25) is 9.59 Å². The maximum absolute atomic E-state index is 12.9. The molecule has 0 radical (unpaired) electrons. The van der Waals surface area contributed by atoms with Crippen LogP contribution in [0.15, 0.2) is 77.3 Å². The zero-order valence-electron chi connectivity index (χ0n) is 16.4. The quantitative estimate of drug-likeness (QED) is 0.520. The first-order valence-electron chi connectivity index (χ1n) is 9.92. The maximum atomic E-state index is 12.9. The third kappa shape index (κ3) is 4.71. The van der Waals surface area contributed by atoms with Crippen molar-refractivity contribution in [2.75, 3.05) is 28.6 Å². The first-order chi connectivity index (χ1) is 14.6. The number of para-hydroxylation sites is 2. The summed E-state index contributed by atoms with van der Waals surface area (Å²) in [6.45, 7) is 2.01. The topological polar surface area (TPSA) is 61.4 Å². The predicted molar refractivity (Wildman–Crippen MR) is 124 cm³/mol. The molecule has 0 atom stereocenters. The van der Waals surface area contributed by atoms with Crippen molar-refractivity contribution in [3.63, 3.8) is 0 Å². The Morgan fingerprint density at radius 1 is 0.767 bits per heavy atom. The number of nitrogens with one attached hydrogen (secondary N) is 2. The summed E-state index contributed by atoms with van der Waals surface area (Å²) in [6, 6.07) is 22.0. The van der Waals surface area contributed by atoms with Crippen molar-refractivity contribution < 1.29 is 9.59 Å². The number of carbonyl (C=O) groups is 2. The second-order valence-corrected chi connectivity index (χ2v) is 8.13. The van der Waals surface area contributed by atoms with Gasteiger partial charge in [0, 0.05) is 34.4 Å². The summed E-state index contributed by atoms with van der Waals surface area (Å²) in [4.78, 5) is 27.7. The molecular weight excluding hydrogens is 442 g/mol. The molecule has 3 aromatic rings. The fourth-order valence-corrected chi connectivity index (χ4v) is 3.98. The first-order valence-corrected chi connectivity index (χ1v) is 10.7. The van der Waals surface area contributed by atoms with E-state index in [1.54, 1.807) is 42.5 Å². The van der Waals surface area contributed by atoms with E-state index in [0.717, 1.165) is 28.9 Å². The van der Waals surface area contributed by atoms with Gasteiger partial charge in [-0.25, -0.2) is 0 Å². The van der Waals surface area contributed by atoms with Crippen LogP contribution < -0.4 is 15.5 Å². The number of rotatable bonds is 5. The van der Waals surface area contributed by atoms with E-state index in [1.165, 1.54) is 12.8 Å². The Bertz CT molecular complexity index is 1080. The summed E-state index contributed by atoms with van der Waals surface area (Å²) in [5.74, 6) is -0.437. The molecule has 1 heterocycles. The van der Waals surface area contributed by atoms with Crippen LogP contribution in [0.5, 0.6) is 0 Å². The molecule has 0 unspecified atom stereocenters. The van der Waals surface area contributed by atoms with Crippen LogP contribution >= 0.6 is 15.9 Å². The van der Waals surface area contributed by atoms with Crippen molar-refractivity contribution in [1.82, 2.24) is 0 Å². The number of hydrogen-bond acceptors (Lipinski definition) is 3. The van der Waals surface area contributed by atoms with Crippen LogP contribution in [0.25, 0.3) is 0 Å². The molecule has 1 aliphatic heterocycles. The largest absolute Gasteiger partial charge is 0.370 e. The Kier molecular flexibility index (Phi) is 6.14. The van der Waals surface area contributed by atoms with Crippen molar-refractivity contribution in [3.05, 3.63) is 88.4 Å². The normalized spacial score (nSPS) is 13.2. The van der Waals surface area contributed by atoms with Crippen molar-refractivity contribution in [2.45, 2.75) is 12.8 Å². The molecule has 0 bridgehead atoms. The van der Waals surface area contributed by atoms with Crippen LogP contribution in [0, 0.1) is 0 Å². The minimum atomic E-state index is -0.228. The number of carbonyl (C=O) groups excluding carboxylic acids is 2. The van der Waals surface area contributed by atoms with Gasteiger partial charge in [0.2, 0.25) is 0 Å². The van der Waals surface area contributed by atoms with E-state index in [9.17, 15) is 9.59 Å². The molecule has 0 aliphatic carbocycles. The molecule has 2 amide bonds. The van der Waals surface area contributed by atoms with Gasteiger partial charge < -0.3 is 15.5 Å². The number of nitrogens with zero attached hydrogens (tertiary/aromatic N) is 1. The molecule has 3 aromatic carbocycles. The van der Waals surface area contributed by atoms with Crippen molar-refractivity contribution >= 4 is 44.8 Å². The Labute approximate surface area is 184 Å². The molecule has 1 fully saturated rings. The highest BCUT2D eigenvalue weighted by atomic mass is 79.9. The van der Waals surface area contributed by atoms with Crippen LogP contribution in [-0.4, -0.2) is 24.9 Å². The summed E-state index contributed by atoms with van der Waals surface area (Å²) in [5.41, 5.74) is 3.44. The average Bonchev–Trinajstić information content (AvgIpc) is 3.29. The van der Waals surface area contributed by atoms with Crippen molar-refractivity contribution in [3.8, 4) is 0 Å². The lowest BCUT2D eigenvalue weighted by molar-refractivity contribution is 0.101. The monoisotopic (exact) mass is 463 g/mol. The SMILES string of the molecule is O=C(Nc1cccc(C(=O)Nc2ccccc2N2CCCC2)c1)c1cccc(Br)c1. The predicted octanol–water partition coefficient (Wildman–Crippen LogP) is 5.55. The highest BCUT2D eigenvalue weighted by Gasteiger charge is 2.17. The summed E-state index contributed by atoms with van der Waals surface area (Å²) in [6.07, 6.45) is 2.34. The lowest BCUT2D eigenvalue weighted by Crippen LogP contribution is -2.21. The molecule has 6 heteroatoms. The van der Waals surface area contributed by atoms with Gasteiger partial charge in [-0.1, -0.05) is 40.2 Å². The number of amides is 2. The first kappa shape index (κ1) is 20.2. The summed E-state index contributed by atoms with van der Waals surface area (Å²) in [7, 11) is 0. The molecule has 2 N–H and O–H groups in total. The third-order valence-corrected chi connectivity index (χ3v) is 5.56. The zero-order chi connectivity index (χ0) is 20.9. The molecule has 30 heavy (non-hydrogen) atoms. The Morgan fingerprint density at radius 3 is 2.20 bits per heavy atom. The lowest BCUT2D eigenvalue weighted by Gasteiger charge is -2.21. The van der Waals surface area contributed by atoms with Gasteiger partial charge in [-0.05, 0) is 61.4 Å². The zero-order valence-corrected chi connectivity index (χ0v) is 18.0. The van der Waals surface area contributed by atoms with Gasteiger partial charge in [-0.15, -0.1) is 0 Å². The Balaban J connectivity index is 1.49. The molecule has 1 aliphatic rings. The molecule has 0 saturated carbocycles. The number of halogens is 1. The highest BCUT2D eigenvalue weighted by Crippen LogP contribution is 2.29. The molecule has 5 nitrogen and oxygen atoms in total. The van der Waals surface area contributed by atoms with Crippen LogP contribution in [0.4, 0.5) is 17.1 Å². The van der Waals surface area contributed by atoms with E-state index in [1.807, 2.05) is 30.3 Å². The Morgan fingerprint density at radius 2 is 1.43 bits per heavy atom. The molecule has 152 valence electrons. The van der Waals surface area contributed by atoms with E-state index in [-0.39, 0.29) is 11.8 Å². The smallest absolute Gasteiger partial charge is 0.255 e. The van der Waals surface area contributed by atoms with Crippen LogP contribution in [0.2, 0.25) is 0 Å². The van der Waals surface area contributed by atoms with Gasteiger partial charge in [0.1, 0.15) is 0 Å². The number of benzene rings is 3. The van der Waals surface area contributed by atoms with Gasteiger partial charge in [-0.2, -0.15) is 0 Å². The fraction of sp³-hybridized carbons (Fsp3) is 0.167. The van der Waals surface area contributed by atoms with E-state index in [4.69, 9.17) is 0 Å². The number of anilines is 3. The molecule has 0 aromatic heterocycles. The minimum absolute atomic E-state index is 0.208. The molecule has 4 rings (SSSR count). The maximum Gasteiger partial charge on any atom is 0.255 e. The van der Waals surface area contributed by atoms with E-state index < -0.39 is 0 Å². The van der Waals surface area contributed by atoms with Crippen LogP contribution in [-0.2, 0) is 0 Å². The third-order valence-electron chi connectivity index (χ3n) is 5.07. The van der Waals surface area contributed by atoms with Crippen LogP contribution in [0.1, 0.15) is 33.6 Å². The molecule has 1 saturated heterocycles. The highest BCUT2D eigenvalue weighted by molar-refractivity contribution is 9.10. The standard InChI is InChI=1S/C24H22BrN3O2/c25-19-9-5-7-17(15-19)23(29)26-20-10-6-8-18(16-20)24(30)27-21-11-1-2-12-22(21)28-13-3-4-14-28/h1-2,5-12,15-16H,3-4,13-14H2,(H,26,29)(H,27,30). The number of hydrogen-bond donors (Lipinski definition) is 2. The average molecular weight is 464 g/mol. The second-order valence-electron chi connectivity index (χ2n) is 7.21. The lowest BCUT2D eigenvalue weighted by atomic mass is 10.1.